The van der Waals surface area contributed by atoms with Crippen LogP contribution in [0, 0.1) is 0 Å². The van der Waals surface area contributed by atoms with Crippen LogP contribution in [0.4, 0.5) is 4.79 Å². The minimum absolute atomic E-state index is 0.0647. The van der Waals surface area contributed by atoms with Gasteiger partial charge >= 0.3 is 12.1 Å². The van der Waals surface area contributed by atoms with Crippen LogP contribution < -0.4 is 0 Å². The highest BCUT2D eigenvalue weighted by Gasteiger charge is 2.51. The summed E-state index contributed by atoms with van der Waals surface area (Å²) in [6.45, 7) is 5.01. The van der Waals surface area contributed by atoms with Crippen molar-refractivity contribution >= 4 is 21.5 Å². The maximum absolute atomic E-state index is 12.6. The molecule has 10 heteroatoms. The fourth-order valence-corrected chi connectivity index (χ4v) is 3.19. The van der Waals surface area contributed by atoms with Crippen LogP contribution in [0.1, 0.15) is 32.9 Å². The van der Waals surface area contributed by atoms with Crippen molar-refractivity contribution in [3.05, 3.63) is 36.5 Å². The number of aliphatic hydroxyl groups is 1. The van der Waals surface area contributed by atoms with Gasteiger partial charge in [-0.1, -0.05) is 0 Å². The molecule has 1 aliphatic rings. The van der Waals surface area contributed by atoms with Gasteiger partial charge in [-0.2, -0.15) is 0 Å². The Labute approximate surface area is 164 Å². The Morgan fingerprint density at radius 2 is 2.11 bits per heavy atom. The number of rotatable bonds is 3. The van der Waals surface area contributed by atoms with Gasteiger partial charge in [-0.15, -0.1) is 0 Å². The Kier molecular flexibility index (Phi) is 5.41. The van der Waals surface area contributed by atoms with Crippen LogP contribution in [0.3, 0.4) is 0 Å². The average Bonchev–Trinajstić information content (AvgIpc) is 3.28. The predicted octanol–water partition coefficient (Wildman–Crippen LogP) is 2.27. The zero-order chi connectivity index (χ0) is 20.5. The zero-order valence-corrected chi connectivity index (χ0v) is 16.9. The summed E-state index contributed by atoms with van der Waals surface area (Å²) in [5.74, 6) is -0.263. The maximum Gasteiger partial charge on any atom is 0.411 e. The van der Waals surface area contributed by atoms with Gasteiger partial charge in [0.25, 0.3) is 0 Å². The molecule has 0 bridgehead atoms. The molecule has 150 valence electrons. The molecular formula is C18H22N3O6P. The summed E-state index contributed by atoms with van der Waals surface area (Å²) in [7, 11) is 1.86. The minimum Gasteiger partial charge on any atom is -0.450 e. The lowest BCUT2D eigenvalue weighted by Gasteiger charge is -2.27. The van der Waals surface area contributed by atoms with Crippen molar-refractivity contribution in [1.29, 1.82) is 0 Å². The van der Waals surface area contributed by atoms with E-state index in [2.05, 4.69) is 9.97 Å². The van der Waals surface area contributed by atoms with Gasteiger partial charge < -0.3 is 18.8 Å². The fraction of sp³-hybridized carbons (Fsp3) is 0.444. The van der Waals surface area contributed by atoms with Crippen LogP contribution in [0.15, 0.2) is 35.2 Å². The summed E-state index contributed by atoms with van der Waals surface area (Å²) >= 11 is 0. The first-order valence-corrected chi connectivity index (χ1v) is 9.09. The zero-order valence-electron chi connectivity index (χ0n) is 15.8. The number of hydrogen-bond acceptors (Lipinski definition) is 8. The SMILES string of the molecule is CC(C)(C)OC(=O)N1C[C@](O)(c2ccc(-c3ncco3)cn2)CC1C(=O)OP. The smallest absolute Gasteiger partial charge is 0.411 e. The molecule has 2 aromatic heterocycles. The molecule has 2 unspecified atom stereocenters. The van der Waals surface area contributed by atoms with E-state index in [4.69, 9.17) is 13.7 Å². The largest absolute Gasteiger partial charge is 0.450 e. The molecule has 1 N–H and O–H groups in total. The van der Waals surface area contributed by atoms with Crippen molar-refractivity contribution in [2.24, 2.45) is 0 Å². The molecule has 2 aromatic rings. The maximum atomic E-state index is 12.6. The second kappa shape index (κ2) is 7.48. The van der Waals surface area contributed by atoms with Gasteiger partial charge in [0.05, 0.1) is 33.5 Å². The Balaban J connectivity index is 1.86. The number of aromatic nitrogens is 2. The van der Waals surface area contributed by atoms with E-state index in [0.717, 1.165) is 0 Å². The molecule has 3 atom stereocenters. The Morgan fingerprint density at radius 1 is 1.36 bits per heavy atom. The van der Waals surface area contributed by atoms with Gasteiger partial charge in [0, 0.05) is 12.6 Å². The number of likely N-dealkylation sites (tertiary alicyclic amines) is 1. The fourth-order valence-electron chi connectivity index (χ4n) is 3.04. The van der Waals surface area contributed by atoms with Gasteiger partial charge in [0.2, 0.25) is 5.89 Å². The molecule has 1 fully saturated rings. The van der Waals surface area contributed by atoms with Crippen LogP contribution >= 0.6 is 9.47 Å². The van der Waals surface area contributed by atoms with Crippen molar-refractivity contribution in [3.63, 3.8) is 0 Å². The number of carbonyl (C=O) groups is 2. The topological polar surface area (TPSA) is 115 Å². The third-order valence-electron chi connectivity index (χ3n) is 4.27. The number of hydrogen-bond donors (Lipinski definition) is 1. The minimum atomic E-state index is -1.53. The van der Waals surface area contributed by atoms with E-state index in [1.54, 1.807) is 32.9 Å². The molecule has 0 radical (unpaired) electrons. The number of oxazole rings is 1. The summed E-state index contributed by atoms with van der Waals surface area (Å²) < 4.78 is 15.3. The second-order valence-electron chi connectivity index (χ2n) is 7.57. The van der Waals surface area contributed by atoms with E-state index >= 15 is 0 Å². The highest BCUT2D eigenvalue weighted by atomic mass is 31.0. The lowest BCUT2D eigenvalue weighted by atomic mass is 9.95. The second-order valence-corrected chi connectivity index (χ2v) is 7.80. The van der Waals surface area contributed by atoms with Crippen molar-refractivity contribution in [1.82, 2.24) is 14.9 Å². The van der Waals surface area contributed by atoms with E-state index in [9.17, 15) is 14.7 Å². The molecule has 1 saturated heterocycles. The summed E-state index contributed by atoms with van der Waals surface area (Å²) in [5.41, 5.74) is -1.32. The van der Waals surface area contributed by atoms with Gasteiger partial charge in [-0.3, -0.25) is 9.88 Å². The Hall–Kier alpha value is -2.51. The van der Waals surface area contributed by atoms with E-state index in [1.807, 2.05) is 9.47 Å². The van der Waals surface area contributed by atoms with Gasteiger partial charge in [-0.05, 0) is 32.9 Å². The molecule has 0 spiro atoms. The van der Waals surface area contributed by atoms with Crippen molar-refractivity contribution < 1.29 is 28.4 Å². The number of β-amino-alcohol motifs (C(OH)–C–C–N with tert-alkyl or cyclic N) is 1. The lowest BCUT2D eigenvalue weighted by Crippen LogP contribution is -2.44. The van der Waals surface area contributed by atoms with Crippen LogP contribution in [0.5, 0.6) is 0 Å². The first-order chi connectivity index (χ1) is 13.1. The first-order valence-electron chi connectivity index (χ1n) is 8.62. The number of pyridine rings is 1. The molecule has 0 saturated carbocycles. The quantitative estimate of drug-likeness (QED) is 0.771. The van der Waals surface area contributed by atoms with Crippen LogP contribution in [0.25, 0.3) is 11.5 Å². The summed E-state index contributed by atoms with van der Waals surface area (Å²) in [6.07, 6.45) is 3.71. The van der Waals surface area contributed by atoms with Crippen molar-refractivity contribution in [2.75, 3.05) is 6.54 Å². The van der Waals surface area contributed by atoms with Gasteiger partial charge in [-0.25, -0.2) is 14.6 Å². The third kappa shape index (κ3) is 4.15. The highest BCUT2D eigenvalue weighted by molar-refractivity contribution is 7.10. The molecule has 9 nitrogen and oxygen atoms in total. The number of ether oxygens (including phenoxy) is 1. The highest BCUT2D eigenvalue weighted by Crippen LogP contribution is 2.37. The number of nitrogens with zero attached hydrogens (tertiary/aromatic N) is 3. The van der Waals surface area contributed by atoms with Crippen molar-refractivity contribution in [2.45, 2.75) is 44.4 Å². The van der Waals surface area contributed by atoms with E-state index in [1.165, 1.54) is 23.6 Å². The normalized spacial score (nSPS) is 22.2. The summed E-state index contributed by atoms with van der Waals surface area (Å²) in [6, 6.07) is 2.32. The molecule has 28 heavy (non-hydrogen) atoms. The van der Waals surface area contributed by atoms with Crippen LogP contribution in [-0.2, 0) is 19.7 Å². The molecule has 1 aliphatic heterocycles. The standard InChI is InChI=1S/C18H22N3O6P/c1-17(2,3)26-16(23)21-10-18(24,8-12(21)15(22)27-28)13-5-4-11(9-20-13)14-19-6-7-25-14/h4-7,9,12,24H,8,10,28H2,1-3H3/t12?,18-/m0/s1. The number of amides is 1. The third-order valence-corrected chi connectivity index (χ3v) is 4.51. The predicted molar refractivity (Wildman–Crippen MR) is 101 cm³/mol. The molecular weight excluding hydrogens is 385 g/mol. The first kappa shape index (κ1) is 20.2. The van der Waals surface area contributed by atoms with Gasteiger partial charge in [0.1, 0.15) is 23.5 Å². The van der Waals surface area contributed by atoms with E-state index in [0.29, 0.717) is 17.1 Å². The summed E-state index contributed by atoms with van der Waals surface area (Å²) in [5, 5.41) is 11.2. The molecule has 3 rings (SSSR count). The number of carbonyl (C=O) groups excluding carboxylic acids is 2. The average molecular weight is 407 g/mol. The van der Waals surface area contributed by atoms with Gasteiger partial charge in [0.15, 0.2) is 0 Å². The molecule has 3 heterocycles. The van der Waals surface area contributed by atoms with E-state index < -0.39 is 29.3 Å². The van der Waals surface area contributed by atoms with E-state index in [-0.39, 0.29) is 13.0 Å². The van der Waals surface area contributed by atoms with Crippen LogP contribution in [-0.4, -0.2) is 50.2 Å². The lowest BCUT2D eigenvalue weighted by molar-refractivity contribution is -0.138. The molecule has 1 amide bonds. The van der Waals surface area contributed by atoms with Crippen LogP contribution in [0.2, 0.25) is 0 Å². The Bertz CT molecular complexity index is 849. The molecule has 0 aromatic carbocycles. The summed E-state index contributed by atoms with van der Waals surface area (Å²) in [4.78, 5) is 34.2. The van der Waals surface area contributed by atoms with Crippen molar-refractivity contribution in [3.8, 4) is 11.5 Å². The molecule has 0 aliphatic carbocycles. The monoisotopic (exact) mass is 407 g/mol. The Morgan fingerprint density at radius 3 is 2.64 bits per heavy atom.